The summed E-state index contributed by atoms with van der Waals surface area (Å²) in [5, 5.41) is 5.50. The number of hydrogen-bond acceptors (Lipinski definition) is 10. The molecule has 3 aromatic rings. The zero-order valence-electron chi connectivity index (χ0n) is 19.4. The summed E-state index contributed by atoms with van der Waals surface area (Å²) in [7, 11) is -1.70. The zero-order valence-corrected chi connectivity index (χ0v) is 20.2. The van der Waals surface area contributed by atoms with Gasteiger partial charge in [-0.1, -0.05) is 0 Å². The fourth-order valence-corrected chi connectivity index (χ4v) is 3.43. The molecule has 3 rings (SSSR count). The lowest BCUT2D eigenvalue weighted by molar-refractivity contribution is -0.113. The Labute approximate surface area is 204 Å². The minimum absolute atomic E-state index is 0. The van der Waals surface area contributed by atoms with Crippen molar-refractivity contribution in [2.45, 2.75) is 24.5 Å². The van der Waals surface area contributed by atoms with Crippen LogP contribution in [-0.4, -0.2) is 61.5 Å². The predicted octanol–water partition coefficient (Wildman–Crippen LogP) is 2.43. The number of carbonyl (C=O) groups excluding carboxylic acids is 2. The number of pyridine rings is 1. The Morgan fingerprint density at radius 3 is 2.46 bits per heavy atom. The molecular weight excluding hydrogens is 474 g/mol. The van der Waals surface area contributed by atoms with Gasteiger partial charge in [0.1, 0.15) is 17.2 Å². The average molecular weight is 502 g/mol. The first kappa shape index (κ1) is 25.7. The Hall–Kier alpha value is -3.90. The standard InChI is InChI=1S/C23H25N5O6S.H2/c1-15-11-26-21(13-25-15)28-23(30)16-8-19(10-20(9-16)34-18(14-29)6-7-24-2)33-17-4-5-22(27-12-17)35(3,31)32;/h4-5,8-14,18,24H,6-7H2,1-3H3,(H,26,28,30);1H. The highest BCUT2D eigenvalue weighted by molar-refractivity contribution is 7.90. The second-order valence-corrected chi connectivity index (χ2v) is 9.54. The van der Waals surface area contributed by atoms with Gasteiger partial charge in [-0.05, 0) is 44.8 Å². The molecule has 0 aliphatic rings. The van der Waals surface area contributed by atoms with Crippen LogP contribution in [0.4, 0.5) is 5.82 Å². The van der Waals surface area contributed by atoms with Crippen LogP contribution in [-0.2, 0) is 14.6 Å². The topological polar surface area (TPSA) is 149 Å². The van der Waals surface area contributed by atoms with Crippen LogP contribution in [0.3, 0.4) is 0 Å². The van der Waals surface area contributed by atoms with Gasteiger partial charge in [-0.25, -0.2) is 18.4 Å². The molecule has 0 saturated carbocycles. The number of nitrogens with one attached hydrogen (secondary N) is 2. The monoisotopic (exact) mass is 501 g/mol. The second-order valence-electron chi connectivity index (χ2n) is 7.58. The lowest BCUT2D eigenvalue weighted by Gasteiger charge is -2.16. The highest BCUT2D eigenvalue weighted by Crippen LogP contribution is 2.29. The Bertz CT molecular complexity index is 1290. The number of anilines is 1. The molecule has 0 radical (unpaired) electrons. The van der Waals surface area contributed by atoms with Crippen LogP contribution in [0.5, 0.6) is 17.2 Å². The van der Waals surface area contributed by atoms with E-state index in [-0.39, 0.29) is 35.1 Å². The van der Waals surface area contributed by atoms with Crippen LogP contribution in [0.15, 0.2) is 53.9 Å². The van der Waals surface area contributed by atoms with Crippen molar-refractivity contribution in [2.24, 2.45) is 0 Å². The first-order valence-corrected chi connectivity index (χ1v) is 12.4. The molecule has 0 aliphatic heterocycles. The first-order valence-electron chi connectivity index (χ1n) is 10.5. The summed E-state index contributed by atoms with van der Waals surface area (Å²) in [6.45, 7) is 2.33. The van der Waals surface area contributed by atoms with E-state index in [9.17, 15) is 18.0 Å². The van der Waals surface area contributed by atoms with Crippen molar-refractivity contribution in [3.63, 3.8) is 0 Å². The van der Waals surface area contributed by atoms with Crippen molar-refractivity contribution in [1.29, 1.82) is 0 Å². The molecule has 0 fully saturated rings. The molecule has 0 saturated heterocycles. The number of hydrogen-bond donors (Lipinski definition) is 2. The van der Waals surface area contributed by atoms with Crippen LogP contribution in [0, 0.1) is 6.92 Å². The molecule has 2 N–H and O–H groups in total. The normalized spacial score (nSPS) is 12.0. The largest absolute Gasteiger partial charge is 0.483 e. The van der Waals surface area contributed by atoms with E-state index >= 15 is 0 Å². The average Bonchev–Trinajstić information content (AvgIpc) is 2.82. The lowest BCUT2D eigenvalue weighted by Crippen LogP contribution is -2.24. The van der Waals surface area contributed by atoms with E-state index in [1.54, 1.807) is 14.0 Å². The number of carbonyl (C=O) groups is 2. The summed E-state index contributed by atoms with van der Waals surface area (Å²) in [5.41, 5.74) is 0.880. The van der Waals surface area contributed by atoms with Gasteiger partial charge in [0, 0.05) is 25.7 Å². The quantitative estimate of drug-likeness (QED) is 0.375. The maximum atomic E-state index is 12.9. The van der Waals surface area contributed by atoms with Gasteiger partial charge >= 0.3 is 0 Å². The summed E-state index contributed by atoms with van der Waals surface area (Å²) >= 11 is 0. The van der Waals surface area contributed by atoms with Crippen molar-refractivity contribution in [2.75, 3.05) is 25.2 Å². The van der Waals surface area contributed by atoms with Crippen molar-refractivity contribution in [3.8, 4) is 17.2 Å². The fraction of sp³-hybridized carbons (Fsp3) is 0.261. The Balaban J connectivity index is 0.00000456. The molecule has 1 unspecified atom stereocenters. The smallest absolute Gasteiger partial charge is 0.257 e. The van der Waals surface area contributed by atoms with E-state index in [0.29, 0.717) is 24.9 Å². The molecule has 1 atom stereocenters. The van der Waals surface area contributed by atoms with Crippen LogP contribution < -0.4 is 20.1 Å². The maximum absolute atomic E-state index is 12.9. The summed E-state index contributed by atoms with van der Waals surface area (Å²) < 4.78 is 34.8. The molecule has 12 heteroatoms. The van der Waals surface area contributed by atoms with E-state index in [4.69, 9.17) is 9.47 Å². The van der Waals surface area contributed by atoms with Gasteiger partial charge in [-0.15, -0.1) is 0 Å². The van der Waals surface area contributed by atoms with Gasteiger partial charge in [0.2, 0.25) is 0 Å². The van der Waals surface area contributed by atoms with Gasteiger partial charge < -0.3 is 20.1 Å². The summed E-state index contributed by atoms with van der Waals surface area (Å²) in [6, 6.07) is 7.22. The van der Waals surface area contributed by atoms with Crippen molar-refractivity contribution < 1.29 is 28.9 Å². The van der Waals surface area contributed by atoms with Crippen molar-refractivity contribution in [1.82, 2.24) is 20.3 Å². The minimum atomic E-state index is -3.46. The molecule has 0 aliphatic carbocycles. The Morgan fingerprint density at radius 2 is 1.86 bits per heavy atom. The lowest BCUT2D eigenvalue weighted by atomic mass is 10.1. The van der Waals surface area contributed by atoms with Crippen molar-refractivity contribution in [3.05, 3.63) is 60.2 Å². The van der Waals surface area contributed by atoms with Gasteiger partial charge in [0.05, 0.1) is 24.3 Å². The molecule has 2 aromatic heterocycles. The predicted molar refractivity (Wildman–Crippen MR) is 130 cm³/mol. The SMILES string of the molecule is CNCCC(C=O)Oc1cc(Oc2ccc(S(C)(=O)=O)nc2)cc(C(=O)Nc2cnc(C)cn2)c1.[HH]. The molecular formula is C23H27N5O6S. The van der Waals surface area contributed by atoms with Crippen LogP contribution in [0.25, 0.3) is 0 Å². The Morgan fingerprint density at radius 1 is 1.09 bits per heavy atom. The van der Waals surface area contributed by atoms with E-state index < -0.39 is 21.8 Å². The third kappa shape index (κ3) is 7.55. The zero-order chi connectivity index (χ0) is 25.4. The van der Waals surface area contributed by atoms with Gasteiger partial charge in [0.15, 0.2) is 33.1 Å². The van der Waals surface area contributed by atoms with E-state index in [1.165, 1.54) is 48.9 Å². The van der Waals surface area contributed by atoms with Crippen molar-refractivity contribution >= 4 is 27.8 Å². The highest BCUT2D eigenvalue weighted by atomic mass is 32.2. The number of aryl methyl sites for hydroxylation is 1. The number of benzene rings is 1. The molecule has 186 valence electrons. The van der Waals surface area contributed by atoms with E-state index in [1.807, 2.05) is 0 Å². The molecule has 2 heterocycles. The molecule has 1 amide bonds. The number of sulfone groups is 1. The minimum Gasteiger partial charge on any atom is -0.483 e. The third-order valence-electron chi connectivity index (χ3n) is 4.61. The third-order valence-corrected chi connectivity index (χ3v) is 5.61. The van der Waals surface area contributed by atoms with E-state index in [0.717, 1.165) is 6.26 Å². The van der Waals surface area contributed by atoms with Gasteiger partial charge in [0.25, 0.3) is 5.91 Å². The van der Waals surface area contributed by atoms with Crippen LogP contribution in [0.1, 0.15) is 23.9 Å². The number of rotatable bonds is 11. The molecule has 0 spiro atoms. The number of amides is 1. The maximum Gasteiger partial charge on any atom is 0.257 e. The highest BCUT2D eigenvalue weighted by Gasteiger charge is 2.16. The molecule has 1 aromatic carbocycles. The summed E-state index contributed by atoms with van der Waals surface area (Å²) in [6.07, 6.45) is 5.62. The van der Waals surface area contributed by atoms with Gasteiger partial charge in [-0.3, -0.25) is 14.6 Å². The second kappa shape index (κ2) is 11.5. The van der Waals surface area contributed by atoms with E-state index in [2.05, 4.69) is 25.6 Å². The van der Waals surface area contributed by atoms with Crippen LogP contribution >= 0.6 is 0 Å². The Kier molecular flexibility index (Phi) is 8.44. The number of aldehydes is 1. The molecule has 35 heavy (non-hydrogen) atoms. The molecule has 11 nitrogen and oxygen atoms in total. The van der Waals surface area contributed by atoms with Gasteiger partial charge in [-0.2, -0.15) is 0 Å². The molecule has 0 bridgehead atoms. The number of aromatic nitrogens is 3. The van der Waals surface area contributed by atoms with Crippen LogP contribution in [0.2, 0.25) is 0 Å². The fourth-order valence-electron chi connectivity index (χ4n) is 2.87. The summed E-state index contributed by atoms with van der Waals surface area (Å²) in [4.78, 5) is 36.4. The first-order chi connectivity index (χ1) is 16.7. The number of ether oxygens (including phenoxy) is 2. The summed E-state index contributed by atoms with van der Waals surface area (Å²) in [5.74, 6) is 0.454. The number of nitrogens with zero attached hydrogens (tertiary/aromatic N) is 3.